The zero-order valence-electron chi connectivity index (χ0n) is 9.09. The molecule has 0 bridgehead atoms. The van der Waals surface area contributed by atoms with Gasteiger partial charge in [-0.05, 0) is 25.3 Å². The molecule has 0 amide bonds. The summed E-state index contributed by atoms with van der Waals surface area (Å²) in [5.41, 5.74) is 0. The number of carbonyl (C=O) groups is 1. The molecule has 0 saturated carbocycles. The Morgan fingerprint density at radius 1 is 1.38 bits per heavy atom. The highest BCUT2D eigenvalue weighted by molar-refractivity contribution is 5.75. The molecule has 1 N–H and O–H groups in total. The first-order valence-corrected chi connectivity index (χ1v) is 5.05. The van der Waals surface area contributed by atoms with Gasteiger partial charge in [-0.2, -0.15) is 0 Å². The molecule has 1 heterocycles. The monoisotopic (exact) mass is 187 g/mol. The fourth-order valence-electron chi connectivity index (χ4n) is 1.34. The number of piperidine rings is 1. The number of carbonyl (C=O) groups excluding carboxylic acids is 1. The van der Waals surface area contributed by atoms with Gasteiger partial charge in [-0.15, -0.1) is 0 Å². The van der Waals surface area contributed by atoms with Gasteiger partial charge in [0.25, 0.3) is 0 Å². The van der Waals surface area contributed by atoms with E-state index in [1.165, 1.54) is 7.11 Å². The van der Waals surface area contributed by atoms with Crippen LogP contribution in [0, 0.1) is 5.92 Å². The molecule has 3 nitrogen and oxygen atoms in total. The van der Waals surface area contributed by atoms with Gasteiger partial charge in [0.2, 0.25) is 0 Å². The van der Waals surface area contributed by atoms with Gasteiger partial charge in [0.15, 0.2) is 0 Å². The summed E-state index contributed by atoms with van der Waals surface area (Å²) in [6.07, 6.45) is 2.03. The Morgan fingerprint density at radius 3 is 2.38 bits per heavy atom. The van der Waals surface area contributed by atoms with Crippen molar-refractivity contribution < 1.29 is 9.53 Å². The van der Waals surface area contributed by atoms with E-state index in [0.717, 1.165) is 19.4 Å². The zero-order chi connectivity index (χ0) is 10.3. The predicted octanol–water partition coefficient (Wildman–Crippen LogP) is 1.57. The molecule has 0 aromatic rings. The van der Waals surface area contributed by atoms with Gasteiger partial charge in [0, 0.05) is 0 Å². The van der Waals surface area contributed by atoms with Gasteiger partial charge in [0.05, 0.1) is 7.11 Å². The third kappa shape index (κ3) is 4.27. The summed E-state index contributed by atoms with van der Waals surface area (Å²) in [7, 11) is 1.43. The van der Waals surface area contributed by atoms with Gasteiger partial charge in [-0.3, -0.25) is 4.79 Å². The van der Waals surface area contributed by atoms with Gasteiger partial charge >= 0.3 is 5.97 Å². The van der Waals surface area contributed by atoms with E-state index in [2.05, 4.69) is 17.0 Å². The molecule has 78 valence electrons. The highest BCUT2D eigenvalue weighted by Crippen LogP contribution is 2.13. The Hall–Kier alpha value is -0.570. The molecule has 1 aliphatic rings. The molecule has 3 heteroatoms. The zero-order valence-corrected chi connectivity index (χ0v) is 9.09. The van der Waals surface area contributed by atoms with Crippen LogP contribution in [0.15, 0.2) is 0 Å². The lowest BCUT2D eigenvalue weighted by molar-refractivity contribution is -0.143. The van der Waals surface area contributed by atoms with Gasteiger partial charge in [-0.25, -0.2) is 0 Å². The lowest BCUT2D eigenvalue weighted by Crippen LogP contribution is -2.43. The van der Waals surface area contributed by atoms with E-state index in [1.54, 1.807) is 0 Å². The third-order valence-electron chi connectivity index (χ3n) is 2.15. The number of esters is 1. The number of hydrogen-bond acceptors (Lipinski definition) is 3. The molecule has 1 saturated heterocycles. The number of nitrogens with one attached hydrogen (secondary N) is 1. The molecule has 2 unspecified atom stereocenters. The summed E-state index contributed by atoms with van der Waals surface area (Å²) in [6.45, 7) is 7.11. The molecule has 0 radical (unpaired) electrons. The van der Waals surface area contributed by atoms with Crippen LogP contribution >= 0.6 is 0 Å². The number of methoxy groups -OCH3 is 1. The second kappa shape index (κ2) is 6.89. The maximum absolute atomic E-state index is 11.0. The van der Waals surface area contributed by atoms with E-state index in [0.29, 0.717) is 5.92 Å². The second-order valence-electron chi connectivity index (χ2n) is 3.17. The first kappa shape index (κ1) is 12.4. The highest BCUT2D eigenvalue weighted by Gasteiger charge is 2.23. The average Bonchev–Trinajstić information content (AvgIpc) is 2.21. The van der Waals surface area contributed by atoms with Crippen LogP contribution in [-0.2, 0) is 9.53 Å². The van der Waals surface area contributed by atoms with E-state index in [-0.39, 0.29) is 12.0 Å². The Balaban J connectivity index is 0.000000671. The molecular weight excluding hydrogens is 166 g/mol. The van der Waals surface area contributed by atoms with E-state index in [1.807, 2.05) is 13.8 Å². The van der Waals surface area contributed by atoms with Gasteiger partial charge < -0.3 is 10.1 Å². The van der Waals surface area contributed by atoms with Crippen molar-refractivity contribution in [1.29, 1.82) is 0 Å². The summed E-state index contributed by atoms with van der Waals surface area (Å²) < 4.78 is 4.62. The number of ether oxygens (including phenoxy) is 1. The molecule has 1 aliphatic heterocycles. The molecule has 1 rings (SSSR count). The second-order valence-corrected chi connectivity index (χ2v) is 3.17. The highest BCUT2D eigenvalue weighted by atomic mass is 16.5. The molecule has 0 aliphatic carbocycles. The molecule has 0 aromatic heterocycles. The first-order valence-electron chi connectivity index (χ1n) is 5.05. The fourth-order valence-corrected chi connectivity index (χ4v) is 1.34. The van der Waals surface area contributed by atoms with Crippen LogP contribution in [0.5, 0.6) is 0 Å². The van der Waals surface area contributed by atoms with Crippen LogP contribution in [-0.4, -0.2) is 25.7 Å². The standard InChI is InChI=1S/C8H15NO2.C2H6/c1-6-3-4-7(9-5-6)8(10)11-2;1-2/h6-7,9H,3-5H2,1-2H3;1-2H3. The lowest BCUT2D eigenvalue weighted by atomic mass is 9.97. The summed E-state index contributed by atoms with van der Waals surface area (Å²) in [6, 6.07) is -0.0591. The number of rotatable bonds is 1. The molecular formula is C10H21NO2. The minimum absolute atomic E-state index is 0.0591. The Morgan fingerprint density at radius 2 is 2.00 bits per heavy atom. The topological polar surface area (TPSA) is 38.3 Å². The molecule has 13 heavy (non-hydrogen) atoms. The number of hydrogen-bond donors (Lipinski definition) is 1. The third-order valence-corrected chi connectivity index (χ3v) is 2.15. The Labute approximate surface area is 80.8 Å². The van der Waals surface area contributed by atoms with E-state index < -0.39 is 0 Å². The van der Waals surface area contributed by atoms with Crippen LogP contribution in [0.1, 0.15) is 33.6 Å². The van der Waals surface area contributed by atoms with E-state index in [4.69, 9.17) is 0 Å². The van der Waals surface area contributed by atoms with Gasteiger partial charge in [0.1, 0.15) is 6.04 Å². The molecule has 1 fully saturated rings. The maximum atomic E-state index is 11.0. The van der Waals surface area contributed by atoms with Crippen LogP contribution in [0.4, 0.5) is 0 Å². The normalized spacial score (nSPS) is 27.1. The summed E-state index contributed by atoms with van der Waals surface area (Å²) >= 11 is 0. The van der Waals surface area contributed by atoms with E-state index >= 15 is 0 Å². The van der Waals surface area contributed by atoms with Crippen molar-refractivity contribution in [3.8, 4) is 0 Å². The summed E-state index contributed by atoms with van der Waals surface area (Å²) in [5.74, 6) is 0.563. The summed E-state index contributed by atoms with van der Waals surface area (Å²) in [5, 5.41) is 3.14. The quantitative estimate of drug-likeness (QED) is 0.633. The molecule has 0 aromatic carbocycles. The minimum atomic E-state index is -0.128. The van der Waals surface area contributed by atoms with Gasteiger partial charge in [-0.1, -0.05) is 20.8 Å². The van der Waals surface area contributed by atoms with Crippen molar-refractivity contribution in [2.24, 2.45) is 5.92 Å². The van der Waals surface area contributed by atoms with Crippen molar-refractivity contribution in [1.82, 2.24) is 5.32 Å². The van der Waals surface area contributed by atoms with Crippen LogP contribution in [0.3, 0.4) is 0 Å². The molecule has 0 spiro atoms. The molecule has 2 atom stereocenters. The average molecular weight is 187 g/mol. The van der Waals surface area contributed by atoms with Crippen molar-refractivity contribution in [2.75, 3.05) is 13.7 Å². The van der Waals surface area contributed by atoms with E-state index in [9.17, 15) is 4.79 Å². The summed E-state index contributed by atoms with van der Waals surface area (Å²) in [4.78, 5) is 11.0. The maximum Gasteiger partial charge on any atom is 0.322 e. The van der Waals surface area contributed by atoms with Crippen LogP contribution in [0.2, 0.25) is 0 Å². The van der Waals surface area contributed by atoms with Crippen molar-refractivity contribution >= 4 is 5.97 Å². The minimum Gasteiger partial charge on any atom is -0.468 e. The Kier molecular flexibility index (Phi) is 6.59. The smallest absolute Gasteiger partial charge is 0.322 e. The predicted molar refractivity (Wildman–Crippen MR) is 53.6 cm³/mol. The van der Waals surface area contributed by atoms with Crippen molar-refractivity contribution in [3.63, 3.8) is 0 Å². The SMILES string of the molecule is CC.COC(=O)C1CCC(C)CN1. The lowest BCUT2D eigenvalue weighted by Gasteiger charge is -2.25. The van der Waals surface area contributed by atoms with Crippen LogP contribution in [0.25, 0.3) is 0 Å². The van der Waals surface area contributed by atoms with Crippen molar-refractivity contribution in [2.45, 2.75) is 39.7 Å². The van der Waals surface area contributed by atoms with Crippen molar-refractivity contribution in [3.05, 3.63) is 0 Å². The first-order chi connectivity index (χ1) is 6.24. The van der Waals surface area contributed by atoms with Crippen LogP contribution < -0.4 is 5.32 Å². The largest absolute Gasteiger partial charge is 0.468 e. The Bertz CT molecular complexity index is 140. The fraction of sp³-hybridized carbons (Fsp3) is 0.900.